The number of pyridine rings is 1. The molecule has 0 aliphatic carbocycles. The van der Waals surface area contributed by atoms with Gasteiger partial charge in [-0.05, 0) is 18.2 Å². The largest absolute Gasteiger partial charge is 0.486 e. The van der Waals surface area contributed by atoms with E-state index in [0.29, 0.717) is 27.8 Å². The van der Waals surface area contributed by atoms with Crippen LogP contribution in [-0.2, 0) is 6.61 Å². The molecule has 0 saturated heterocycles. The molecule has 0 bridgehead atoms. The molecular formula is C15H14ClF3N6O2. The van der Waals surface area contributed by atoms with Gasteiger partial charge in [0.15, 0.2) is 11.6 Å². The Morgan fingerprint density at radius 3 is 2.81 bits per heavy atom. The number of hydrazine groups is 2. The van der Waals surface area contributed by atoms with E-state index in [9.17, 15) is 18.0 Å². The molecule has 1 aliphatic rings. The van der Waals surface area contributed by atoms with E-state index < -0.39 is 18.6 Å². The van der Waals surface area contributed by atoms with Gasteiger partial charge in [0.1, 0.15) is 24.7 Å². The summed E-state index contributed by atoms with van der Waals surface area (Å²) >= 11 is 6.10. The molecule has 144 valence electrons. The summed E-state index contributed by atoms with van der Waals surface area (Å²) in [6.07, 6.45) is -4.50. The van der Waals surface area contributed by atoms with Crippen LogP contribution in [0, 0.1) is 0 Å². The molecule has 2 heterocycles. The van der Waals surface area contributed by atoms with Gasteiger partial charge in [-0.3, -0.25) is 15.6 Å². The van der Waals surface area contributed by atoms with Crippen LogP contribution in [0.1, 0.15) is 15.9 Å². The van der Waals surface area contributed by atoms with Crippen molar-refractivity contribution in [2.24, 2.45) is 0 Å². The molecule has 0 radical (unpaired) electrons. The number of hydrogen-bond donors (Lipinski definition) is 5. The summed E-state index contributed by atoms with van der Waals surface area (Å²) in [4.78, 5) is 15.9. The standard InChI is InChI=1S/C15H14ClF3N6O2/c16-9-2-1-7(14(26)21-6-15(17,18)19)3-8(9)5-27-10-4-11(20)22-13-12(10)23-25-24-13/h1-4,23,25H,5-6H2,(H,21,26)(H3,20,22,24). The smallest absolute Gasteiger partial charge is 0.405 e. The summed E-state index contributed by atoms with van der Waals surface area (Å²) in [7, 11) is 0. The molecule has 27 heavy (non-hydrogen) atoms. The lowest BCUT2D eigenvalue weighted by Gasteiger charge is -2.13. The minimum absolute atomic E-state index is 0.0307. The van der Waals surface area contributed by atoms with Crippen LogP contribution < -0.4 is 32.2 Å². The Kier molecular flexibility index (Phi) is 5.15. The molecule has 12 heteroatoms. The summed E-state index contributed by atoms with van der Waals surface area (Å²) < 4.78 is 42.4. The Hall–Kier alpha value is -2.92. The monoisotopic (exact) mass is 402 g/mol. The highest BCUT2D eigenvalue weighted by Gasteiger charge is 2.28. The first kappa shape index (κ1) is 18.9. The fourth-order valence-corrected chi connectivity index (χ4v) is 2.46. The van der Waals surface area contributed by atoms with E-state index in [4.69, 9.17) is 22.1 Å². The number of alkyl halides is 3. The Balaban J connectivity index is 1.73. The van der Waals surface area contributed by atoms with Gasteiger partial charge in [0.05, 0.1) is 0 Å². The number of fused-ring (bicyclic) bond motifs is 1. The molecule has 0 atom stereocenters. The predicted molar refractivity (Wildman–Crippen MR) is 93.2 cm³/mol. The fraction of sp³-hybridized carbons (Fsp3) is 0.200. The summed E-state index contributed by atoms with van der Waals surface area (Å²) in [5, 5.41) is 2.10. The Morgan fingerprint density at radius 1 is 1.30 bits per heavy atom. The number of amides is 1. The second-order valence-electron chi connectivity index (χ2n) is 5.54. The van der Waals surface area contributed by atoms with Crippen molar-refractivity contribution in [1.82, 2.24) is 15.8 Å². The lowest BCUT2D eigenvalue weighted by Crippen LogP contribution is -2.33. The quantitative estimate of drug-likeness (QED) is 0.522. The normalized spacial score (nSPS) is 12.7. The van der Waals surface area contributed by atoms with Gasteiger partial charge in [-0.25, -0.2) is 4.98 Å². The number of hydrogen-bond acceptors (Lipinski definition) is 7. The zero-order valence-corrected chi connectivity index (χ0v) is 14.3. The van der Waals surface area contributed by atoms with Gasteiger partial charge in [0, 0.05) is 22.2 Å². The molecule has 8 nitrogen and oxygen atoms in total. The second kappa shape index (κ2) is 7.37. The third-order valence-corrected chi connectivity index (χ3v) is 3.88. The minimum atomic E-state index is -4.50. The maximum atomic E-state index is 12.2. The molecule has 0 saturated carbocycles. The van der Waals surface area contributed by atoms with Gasteiger partial charge in [0.25, 0.3) is 5.91 Å². The van der Waals surface area contributed by atoms with E-state index in [2.05, 4.69) is 21.4 Å². The molecule has 0 spiro atoms. The van der Waals surface area contributed by atoms with E-state index in [1.54, 1.807) is 5.32 Å². The molecule has 1 aromatic carbocycles. The van der Waals surface area contributed by atoms with Crippen LogP contribution in [-0.4, -0.2) is 23.6 Å². The SMILES string of the molecule is Nc1cc(OCc2cc(C(=O)NCC(F)(F)F)ccc2Cl)c2c(n1)NNN2. The number of anilines is 3. The van der Waals surface area contributed by atoms with Crippen molar-refractivity contribution < 1.29 is 22.7 Å². The van der Waals surface area contributed by atoms with E-state index in [0.717, 1.165) is 0 Å². The molecule has 1 aromatic heterocycles. The third-order valence-electron chi connectivity index (χ3n) is 3.51. The highest BCUT2D eigenvalue weighted by molar-refractivity contribution is 6.31. The van der Waals surface area contributed by atoms with Gasteiger partial charge in [-0.2, -0.15) is 13.2 Å². The first-order valence-corrected chi connectivity index (χ1v) is 7.94. The lowest BCUT2D eigenvalue weighted by molar-refractivity contribution is -0.123. The van der Waals surface area contributed by atoms with Crippen molar-refractivity contribution in [3.8, 4) is 5.75 Å². The van der Waals surface area contributed by atoms with Crippen molar-refractivity contribution >= 4 is 34.8 Å². The van der Waals surface area contributed by atoms with Gasteiger partial charge in [-0.1, -0.05) is 11.6 Å². The number of benzene rings is 1. The summed E-state index contributed by atoms with van der Waals surface area (Å²) in [5.74, 6) is 0.164. The van der Waals surface area contributed by atoms with Crippen LogP contribution in [0.4, 0.5) is 30.5 Å². The highest BCUT2D eigenvalue weighted by atomic mass is 35.5. The van der Waals surface area contributed by atoms with Crippen molar-refractivity contribution in [1.29, 1.82) is 0 Å². The topological polar surface area (TPSA) is 113 Å². The average Bonchev–Trinajstić information content (AvgIpc) is 3.06. The van der Waals surface area contributed by atoms with Crippen molar-refractivity contribution in [2.75, 3.05) is 23.1 Å². The molecular weight excluding hydrogens is 389 g/mol. The Bertz CT molecular complexity index is 877. The molecule has 1 aliphatic heterocycles. The van der Waals surface area contributed by atoms with Crippen LogP contribution in [0.5, 0.6) is 5.75 Å². The molecule has 1 amide bonds. The van der Waals surface area contributed by atoms with E-state index in [1.165, 1.54) is 24.3 Å². The van der Waals surface area contributed by atoms with Crippen LogP contribution in [0.3, 0.4) is 0 Å². The van der Waals surface area contributed by atoms with Gasteiger partial charge < -0.3 is 15.8 Å². The molecule has 0 fully saturated rings. The number of carbonyl (C=O) groups excluding carboxylic acids is 1. The maximum Gasteiger partial charge on any atom is 0.405 e. The summed E-state index contributed by atoms with van der Waals surface area (Å²) in [6, 6.07) is 5.60. The molecule has 2 aromatic rings. The zero-order valence-electron chi connectivity index (χ0n) is 13.6. The number of nitrogens with zero attached hydrogens (tertiary/aromatic N) is 1. The van der Waals surface area contributed by atoms with E-state index >= 15 is 0 Å². The highest BCUT2D eigenvalue weighted by Crippen LogP contribution is 2.35. The van der Waals surface area contributed by atoms with Gasteiger partial charge in [-0.15, -0.1) is 5.53 Å². The Labute approximate surface area is 156 Å². The molecule has 6 N–H and O–H groups in total. The predicted octanol–water partition coefficient (Wildman–Crippen LogP) is 2.45. The number of nitrogens with two attached hydrogens (primary N) is 1. The first-order valence-electron chi connectivity index (χ1n) is 7.56. The van der Waals surface area contributed by atoms with Crippen molar-refractivity contribution in [2.45, 2.75) is 12.8 Å². The van der Waals surface area contributed by atoms with Crippen molar-refractivity contribution in [3.05, 3.63) is 40.4 Å². The number of ether oxygens (including phenoxy) is 1. The first-order chi connectivity index (χ1) is 12.7. The van der Waals surface area contributed by atoms with E-state index in [-0.39, 0.29) is 18.0 Å². The fourth-order valence-electron chi connectivity index (χ4n) is 2.28. The lowest BCUT2D eigenvalue weighted by atomic mass is 10.1. The number of rotatable bonds is 5. The summed E-state index contributed by atoms with van der Waals surface area (Å²) in [6.45, 7) is -1.47. The van der Waals surface area contributed by atoms with E-state index in [1.807, 2.05) is 0 Å². The minimum Gasteiger partial charge on any atom is -0.486 e. The van der Waals surface area contributed by atoms with Crippen LogP contribution in [0.15, 0.2) is 24.3 Å². The maximum absolute atomic E-state index is 12.2. The molecule has 0 unspecified atom stereocenters. The third kappa shape index (κ3) is 4.63. The Morgan fingerprint density at radius 2 is 2.07 bits per heavy atom. The van der Waals surface area contributed by atoms with Crippen LogP contribution in [0.25, 0.3) is 0 Å². The van der Waals surface area contributed by atoms with Gasteiger partial charge >= 0.3 is 6.18 Å². The van der Waals surface area contributed by atoms with Crippen molar-refractivity contribution in [3.63, 3.8) is 0 Å². The zero-order chi connectivity index (χ0) is 19.6. The number of halogens is 4. The second-order valence-corrected chi connectivity index (χ2v) is 5.94. The number of aromatic nitrogens is 1. The van der Waals surface area contributed by atoms with Crippen LogP contribution >= 0.6 is 11.6 Å². The number of nitrogens with one attached hydrogen (secondary N) is 4. The van der Waals surface area contributed by atoms with Crippen LogP contribution in [0.2, 0.25) is 5.02 Å². The summed E-state index contributed by atoms with van der Waals surface area (Å²) in [5.41, 5.74) is 14.9. The van der Waals surface area contributed by atoms with Gasteiger partial charge in [0.2, 0.25) is 0 Å². The molecule has 3 rings (SSSR count). The number of nitrogen functional groups attached to an aromatic ring is 1. The average molecular weight is 403 g/mol. The number of carbonyl (C=O) groups is 1.